The fraction of sp³-hybridized carbons (Fsp3) is 0.357. The maximum atomic E-state index is 10.5. The number of benzene rings is 1. The standard InChI is InChI=1S/C14H17NO3/c1-11-10-13(15-6-8-18-9-7-15)4-2-12(11)3-5-14(16)17/h2-5,10H,6-9H2,1H3,(H,16,17). The summed E-state index contributed by atoms with van der Waals surface area (Å²) in [6.45, 7) is 5.33. The highest BCUT2D eigenvalue weighted by Crippen LogP contribution is 2.21. The lowest BCUT2D eigenvalue weighted by molar-refractivity contribution is -0.131. The number of aliphatic carboxylic acids is 1. The first-order valence-electron chi connectivity index (χ1n) is 6.01. The molecule has 96 valence electrons. The minimum atomic E-state index is -0.924. The Labute approximate surface area is 106 Å². The van der Waals surface area contributed by atoms with E-state index >= 15 is 0 Å². The molecule has 1 N–H and O–H groups in total. The number of morpholine rings is 1. The molecular formula is C14H17NO3. The lowest BCUT2D eigenvalue weighted by Crippen LogP contribution is -2.36. The average molecular weight is 247 g/mol. The van der Waals surface area contributed by atoms with E-state index < -0.39 is 5.97 Å². The topological polar surface area (TPSA) is 49.8 Å². The van der Waals surface area contributed by atoms with Gasteiger partial charge in [0.1, 0.15) is 0 Å². The molecule has 0 bridgehead atoms. The van der Waals surface area contributed by atoms with Gasteiger partial charge in [-0.3, -0.25) is 0 Å². The summed E-state index contributed by atoms with van der Waals surface area (Å²) >= 11 is 0. The first-order chi connectivity index (χ1) is 8.66. The molecule has 0 atom stereocenters. The van der Waals surface area contributed by atoms with Crippen molar-refractivity contribution in [1.82, 2.24) is 0 Å². The monoisotopic (exact) mass is 247 g/mol. The molecule has 1 fully saturated rings. The molecule has 0 radical (unpaired) electrons. The van der Waals surface area contributed by atoms with Crippen LogP contribution in [0, 0.1) is 6.92 Å². The molecular weight excluding hydrogens is 230 g/mol. The highest BCUT2D eigenvalue weighted by molar-refractivity contribution is 5.85. The van der Waals surface area contributed by atoms with Gasteiger partial charge in [0.2, 0.25) is 0 Å². The van der Waals surface area contributed by atoms with Gasteiger partial charge in [0.15, 0.2) is 0 Å². The minimum Gasteiger partial charge on any atom is -0.478 e. The van der Waals surface area contributed by atoms with E-state index in [-0.39, 0.29) is 0 Å². The van der Waals surface area contributed by atoms with Gasteiger partial charge in [-0.2, -0.15) is 0 Å². The third-order valence-corrected chi connectivity index (χ3v) is 3.04. The number of carboxylic acid groups (broad SMARTS) is 1. The van der Waals surface area contributed by atoms with Crippen molar-refractivity contribution in [2.24, 2.45) is 0 Å². The third-order valence-electron chi connectivity index (χ3n) is 3.04. The maximum absolute atomic E-state index is 10.5. The highest BCUT2D eigenvalue weighted by Gasteiger charge is 2.11. The van der Waals surface area contributed by atoms with Crippen LogP contribution in [0.4, 0.5) is 5.69 Å². The number of carboxylic acids is 1. The molecule has 1 aromatic carbocycles. The summed E-state index contributed by atoms with van der Waals surface area (Å²) in [4.78, 5) is 12.8. The lowest BCUT2D eigenvalue weighted by Gasteiger charge is -2.29. The van der Waals surface area contributed by atoms with Crippen molar-refractivity contribution < 1.29 is 14.6 Å². The van der Waals surface area contributed by atoms with Crippen molar-refractivity contribution in [2.45, 2.75) is 6.92 Å². The molecule has 1 aliphatic heterocycles. The summed E-state index contributed by atoms with van der Waals surface area (Å²) in [6.07, 6.45) is 2.79. The summed E-state index contributed by atoms with van der Waals surface area (Å²) < 4.78 is 5.32. The largest absolute Gasteiger partial charge is 0.478 e. The molecule has 0 aliphatic carbocycles. The van der Waals surface area contributed by atoms with Crippen LogP contribution in [0.5, 0.6) is 0 Å². The smallest absolute Gasteiger partial charge is 0.328 e. The van der Waals surface area contributed by atoms with Crippen LogP contribution < -0.4 is 4.90 Å². The van der Waals surface area contributed by atoms with Gasteiger partial charge in [-0.05, 0) is 36.3 Å². The normalized spacial score (nSPS) is 16.2. The van der Waals surface area contributed by atoms with E-state index in [1.165, 1.54) is 5.69 Å². The molecule has 4 nitrogen and oxygen atoms in total. The Morgan fingerprint density at radius 3 is 2.72 bits per heavy atom. The van der Waals surface area contributed by atoms with Gasteiger partial charge in [0.05, 0.1) is 13.2 Å². The summed E-state index contributed by atoms with van der Waals surface area (Å²) in [7, 11) is 0. The number of nitrogens with zero attached hydrogens (tertiary/aromatic N) is 1. The van der Waals surface area contributed by atoms with Crippen molar-refractivity contribution in [2.75, 3.05) is 31.2 Å². The van der Waals surface area contributed by atoms with Crippen molar-refractivity contribution in [3.05, 3.63) is 35.4 Å². The SMILES string of the molecule is Cc1cc(N2CCOCC2)ccc1C=CC(=O)O. The van der Waals surface area contributed by atoms with Crippen molar-refractivity contribution >= 4 is 17.7 Å². The van der Waals surface area contributed by atoms with E-state index in [1.807, 2.05) is 19.1 Å². The zero-order valence-electron chi connectivity index (χ0n) is 10.4. The van der Waals surface area contributed by atoms with E-state index in [4.69, 9.17) is 9.84 Å². The van der Waals surface area contributed by atoms with Crippen molar-refractivity contribution in [3.63, 3.8) is 0 Å². The summed E-state index contributed by atoms with van der Waals surface area (Å²) in [6, 6.07) is 6.08. The van der Waals surface area contributed by atoms with Crippen LogP contribution in [-0.2, 0) is 9.53 Å². The number of aryl methyl sites for hydroxylation is 1. The number of ether oxygens (including phenoxy) is 1. The Morgan fingerprint density at radius 1 is 1.39 bits per heavy atom. The zero-order valence-corrected chi connectivity index (χ0v) is 10.4. The van der Waals surface area contributed by atoms with Gasteiger partial charge < -0.3 is 14.7 Å². The molecule has 0 spiro atoms. The Balaban J connectivity index is 2.16. The Hall–Kier alpha value is -1.81. The molecule has 1 saturated heterocycles. The second kappa shape index (κ2) is 5.69. The molecule has 18 heavy (non-hydrogen) atoms. The van der Waals surface area contributed by atoms with Crippen LogP contribution in [0.15, 0.2) is 24.3 Å². The first kappa shape index (κ1) is 12.6. The summed E-state index contributed by atoms with van der Waals surface area (Å²) in [5.74, 6) is -0.924. The summed E-state index contributed by atoms with van der Waals surface area (Å²) in [5.41, 5.74) is 3.19. The molecule has 0 aromatic heterocycles. The Morgan fingerprint density at radius 2 is 2.11 bits per heavy atom. The third kappa shape index (κ3) is 3.11. The van der Waals surface area contributed by atoms with Crippen LogP contribution in [0.25, 0.3) is 6.08 Å². The van der Waals surface area contributed by atoms with Crippen LogP contribution in [0.3, 0.4) is 0 Å². The maximum Gasteiger partial charge on any atom is 0.328 e. The van der Waals surface area contributed by atoms with Gasteiger partial charge in [0.25, 0.3) is 0 Å². The quantitative estimate of drug-likeness (QED) is 0.829. The van der Waals surface area contributed by atoms with Gasteiger partial charge in [0, 0.05) is 24.9 Å². The number of carbonyl (C=O) groups is 1. The van der Waals surface area contributed by atoms with E-state index in [0.29, 0.717) is 0 Å². The molecule has 1 heterocycles. The molecule has 1 aliphatic rings. The van der Waals surface area contributed by atoms with Crippen LogP contribution in [0.1, 0.15) is 11.1 Å². The van der Waals surface area contributed by atoms with Crippen LogP contribution in [-0.4, -0.2) is 37.4 Å². The van der Waals surface area contributed by atoms with E-state index in [2.05, 4.69) is 11.0 Å². The molecule has 0 unspecified atom stereocenters. The zero-order chi connectivity index (χ0) is 13.0. The van der Waals surface area contributed by atoms with E-state index in [1.54, 1.807) is 6.08 Å². The van der Waals surface area contributed by atoms with Crippen molar-refractivity contribution in [3.8, 4) is 0 Å². The second-order valence-electron chi connectivity index (χ2n) is 4.31. The minimum absolute atomic E-state index is 0.764. The fourth-order valence-corrected chi connectivity index (χ4v) is 2.03. The predicted molar refractivity (Wildman–Crippen MR) is 70.9 cm³/mol. The first-order valence-corrected chi connectivity index (χ1v) is 6.01. The lowest BCUT2D eigenvalue weighted by atomic mass is 10.1. The number of hydrogen-bond acceptors (Lipinski definition) is 3. The number of hydrogen-bond donors (Lipinski definition) is 1. The number of rotatable bonds is 3. The summed E-state index contributed by atoms with van der Waals surface area (Å²) in [5, 5.41) is 8.62. The second-order valence-corrected chi connectivity index (χ2v) is 4.31. The number of anilines is 1. The molecule has 4 heteroatoms. The van der Waals surface area contributed by atoms with Crippen LogP contribution >= 0.6 is 0 Å². The van der Waals surface area contributed by atoms with Gasteiger partial charge in [-0.15, -0.1) is 0 Å². The Bertz CT molecular complexity index is 462. The average Bonchev–Trinajstić information content (AvgIpc) is 2.38. The van der Waals surface area contributed by atoms with Crippen molar-refractivity contribution in [1.29, 1.82) is 0 Å². The molecule has 2 rings (SSSR count). The van der Waals surface area contributed by atoms with Gasteiger partial charge in [-0.1, -0.05) is 6.07 Å². The van der Waals surface area contributed by atoms with Gasteiger partial charge in [-0.25, -0.2) is 4.79 Å². The molecule has 0 amide bonds. The van der Waals surface area contributed by atoms with Gasteiger partial charge >= 0.3 is 5.97 Å². The predicted octanol–water partition coefficient (Wildman–Crippen LogP) is 1.93. The highest BCUT2D eigenvalue weighted by atomic mass is 16.5. The molecule has 1 aromatic rings. The van der Waals surface area contributed by atoms with E-state index in [0.717, 1.165) is 43.5 Å². The van der Waals surface area contributed by atoms with E-state index in [9.17, 15) is 4.79 Å². The fourth-order valence-electron chi connectivity index (χ4n) is 2.03. The van der Waals surface area contributed by atoms with Crippen LogP contribution in [0.2, 0.25) is 0 Å². The molecule has 0 saturated carbocycles. The Kier molecular flexibility index (Phi) is 3.99.